The summed E-state index contributed by atoms with van der Waals surface area (Å²) in [6, 6.07) is 4.11. The second-order valence-electron chi connectivity index (χ2n) is 4.74. The first-order valence-corrected chi connectivity index (χ1v) is 6.58. The second-order valence-corrected chi connectivity index (χ2v) is 4.74. The fraction of sp³-hybridized carbons (Fsp3) is 0.571. The summed E-state index contributed by atoms with van der Waals surface area (Å²) in [6.45, 7) is 2.05. The fourth-order valence-electron chi connectivity index (χ4n) is 2.30. The largest absolute Gasteiger partial charge is 0.394 e. The first kappa shape index (κ1) is 12.8. The lowest BCUT2D eigenvalue weighted by atomic mass is 9.95. The zero-order valence-corrected chi connectivity index (χ0v) is 10.7. The molecule has 4 nitrogen and oxygen atoms in total. The lowest BCUT2D eigenvalue weighted by molar-refractivity contribution is 0.271. The molecule has 96 valence electrons. The Hall–Kier alpha value is -1.60. The number of nitriles is 1. The van der Waals surface area contributed by atoms with Gasteiger partial charge in [-0.2, -0.15) is 5.26 Å². The van der Waals surface area contributed by atoms with E-state index in [1.807, 2.05) is 13.0 Å². The molecular weight excluding hydrogens is 226 g/mol. The Morgan fingerprint density at radius 1 is 1.50 bits per heavy atom. The molecule has 1 atom stereocenters. The molecule has 2 N–H and O–H groups in total. The standard InChI is InChI=1S/C14H19N3O/c1-2-12(9-18)16-14-11(8-15)7-10-5-3-4-6-13(10)17-14/h7,12,18H,2-6,9H2,1H3,(H,16,17)/t12-/m0/s1. The lowest BCUT2D eigenvalue weighted by Crippen LogP contribution is -2.24. The number of anilines is 1. The van der Waals surface area contributed by atoms with Crippen LogP contribution in [0.4, 0.5) is 5.82 Å². The molecule has 2 rings (SSSR count). The van der Waals surface area contributed by atoms with Crippen LogP contribution in [0.3, 0.4) is 0 Å². The lowest BCUT2D eigenvalue weighted by Gasteiger charge is -2.20. The molecule has 0 bridgehead atoms. The average molecular weight is 245 g/mol. The number of pyridine rings is 1. The van der Waals surface area contributed by atoms with E-state index in [2.05, 4.69) is 16.4 Å². The van der Waals surface area contributed by atoms with Gasteiger partial charge >= 0.3 is 0 Å². The predicted octanol–water partition coefficient (Wildman–Crippen LogP) is 2.01. The Labute approximate surface area is 108 Å². The van der Waals surface area contributed by atoms with Crippen LogP contribution in [0.15, 0.2) is 6.07 Å². The average Bonchev–Trinajstić information content (AvgIpc) is 2.43. The summed E-state index contributed by atoms with van der Waals surface area (Å²) in [5.74, 6) is 0.624. The Bertz CT molecular complexity index is 461. The van der Waals surface area contributed by atoms with Gasteiger partial charge < -0.3 is 10.4 Å². The van der Waals surface area contributed by atoms with Crippen LogP contribution < -0.4 is 5.32 Å². The van der Waals surface area contributed by atoms with Crippen molar-refractivity contribution in [1.29, 1.82) is 5.26 Å². The number of nitrogens with one attached hydrogen (secondary N) is 1. The van der Waals surface area contributed by atoms with Crippen molar-refractivity contribution in [3.8, 4) is 6.07 Å². The minimum Gasteiger partial charge on any atom is -0.394 e. The van der Waals surface area contributed by atoms with Gasteiger partial charge in [-0.05, 0) is 43.7 Å². The molecule has 4 heteroatoms. The third kappa shape index (κ3) is 2.62. The smallest absolute Gasteiger partial charge is 0.144 e. The van der Waals surface area contributed by atoms with Gasteiger partial charge in [0.05, 0.1) is 18.2 Å². The highest BCUT2D eigenvalue weighted by Gasteiger charge is 2.16. The van der Waals surface area contributed by atoms with Gasteiger partial charge in [0.15, 0.2) is 0 Å². The van der Waals surface area contributed by atoms with Crippen LogP contribution >= 0.6 is 0 Å². The first-order chi connectivity index (χ1) is 8.78. The zero-order valence-electron chi connectivity index (χ0n) is 10.7. The summed E-state index contributed by atoms with van der Waals surface area (Å²) in [6.07, 6.45) is 5.17. The fourth-order valence-corrected chi connectivity index (χ4v) is 2.30. The Morgan fingerprint density at radius 3 is 2.94 bits per heavy atom. The van der Waals surface area contributed by atoms with E-state index in [0.717, 1.165) is 25.0 Å². The van der Waals surface area contributed by atoms with Crippen molar-refractivity contribution in [2.75, 3.05) is 11.9 Å². The quantitative estimate of drug-likeness (QED) is 0.851. The summed E-state index contributed by atoms with van der Waals surface area (Å²) < 4.78 is 0. The minimum atomic E-state index is -0.0359. The van der Waals surface area contributed by atoms with Gasteiger partial charge in [-0.1, -0.05) is 6.92 Å². The third-order valence-electron chi connectivity index (χ3n) is 3.48. The molecule has 0 aliphatic heterocycles. The normalized spacial score (nSPS) is 15.6. The highest BCUT2D eigenvalue weighted by atomic mass is 16.3. The molecule has 1 heterocycles. The molecule has 1 aliphatic rings. The van der Waals surface area contributed by atoms with E-state index in [-0.39, 0.29) is 12.6 Å². The van der Waals surface area contributed by atoms with Gasteiger partial charge in [-0.25, -0.2) is 4.98 Å². The van der Waals surface area contributed by atoms with Gasteiger partial charge in [0.2, 0.25) is 0 Å². The highest BCUT2D eigenvalue weighted by Crippen LogP contribution is 2.24. The number of fused-ring (bicyclic) bond motifs is 1. The number of aromatic nitrogens is 1. The van der Waals surface area contributed by atoms with Crippen molar-refractivity contribution in [1.82, 2.24) is 4.98 Å². The van der Waals surface area contributed by atoms with Crippen LogP contribution in [0.2, 0.25) is 0 Å². The van der Waals surface area contributed by atoms with Crippen molar-refractivity contribution in [3.05, 3.63) is 22.9 Å². The van der Waals surface area contributed by atoms with Crippen molar-refractivity contribution in [3.63, 3.8) is 0 Å². The van der Waals surface area contributed by atoms with E-state index >= 15 is 0 Å². The molecule has 0 saturated carbocycles. The van der Waals surface area contributed by atoms with E-state index in [1.54, 1.807) is 0 Å². The van der Waals surface area contributed by atoms with Crippen molar-refractivity contribution in [2.45, 2.75) is 45.1 Å². The number of nitrogens with zero attached hydrogens (tertiary/aromatic N) is 2. The molecule has 0 saturated heterocycles. The van der Waals surface area contributed by atoms with Gasteiger partial charge in [-0.3, -0.25) is 0 Å². The number of rotatable bonds is 4. The van der Waals surface area contributed by atoms with E-state index in [9.17, 15) is 10.4 Å². The van der Waals surface area contributed by atoms with Crippen LogP contribution in [0.25, 0.3) is 0 Å². The molecule has 0 radical (unpaired) electrons. The van der Waals surface area contributed by atoms with Crippen molar-refractivity contribution in [2.24, 2.45) is 0 Å². The summed E-state index contributed by atoms with van der Waals surface area (Å²) in [7, 11) is 0. The summed E-state index contributed by atoms with van der Waals surface area (Å²) in [5, 5.41) is 21.6. The molecule has 0 aromatic carbocycles. The van der Waals surface area contributed by atoms with Gasteiger partial charge in [0.1, 0.15) is 11.9 Å². The topological polar surface area (TPSA) is 68.9 Å². The van der Waals surface area contributed by atoms with Gasteiger partial charge in [0.25, 0.3) is 0 Å². The van der Waals surface area contributed by atoms with E-state index < -0.39 is 0 Å². The number of aryl methyl sites for hydroxylation is 2. The molecule has 1 aromatic rings. The van der Waals surface area contributed by atoms with E-state index in [4.69, 9.17) is 0 Å². The monoisotopic (exact) mass is 245 g/mol. The van der Waals surface area contributed by atoms with Gasteiger partial charge in [0, 0.05) is 5.69 Å². The molecule has 1 aliphatic carbocycles. The summed E-state index contributed by atoms with van der Waals surface area (Å²) >= 11 is 0. The molecule has 18 heavy (non-hydrogen) atoms. The van der Waals surface area contributed by atoms with Crippen molar-refractivity contribution < 1.29 is 5.11 Å². The molecule has 0 unspecified atom stereocenters. The summed E-state index contributed by atoms with van der Waals surface area (Å²) in [4.78, 5) is 4.58. The Morgan fingerprint density at radius 2 is 2.28 bits per heavy atom. The number of hydrogen-bond donors (Lipinski definition) is 2. The maximum Gasteiger partial charge on any atom is 0.144 e. The van der Waals surface area contributed by atoms with Crippen LogP contribution in [0, 0.1) is 11.3 Å². The molecular formula is C14H19N3O. The Kier molecular flexibility index (Phi) is 4.16. The van der Waals surface area contributed by atoms with Gasteiger partial charge in [-0.15, -0.1) is 0 Å². The minimum absolute atomic E-state index is 0.0359. The first-order valence-electron chi connectivity index (χ1n) is 6.58. The van der Waals surface area contributed by atoms with Crippen LogP contribution in [0.5, 0.6) is 0 Å². The molecule has 1 aromatic heterocycles. The van der Waals surface area contributed by atoms with Crippen LogP contribution in [0.1, 0.15) is 43.0 Å². The van der Waals surface area contributed by atoms with Crippen LogP contribution in [-0.2, 0) is 12.8 Å². The SMILES string of the molecule is CC[C@@H](CO)Nc1nc2c(cc1C#N)CCCC2. The third-order valence-corrected chi connectivity index (χ3v) is 3.48. The maximum atomic E-state index is 9.22. The number of hydrogen-bond acceptors (Lipinski definition) is 4. The summed E-state index contributed by atoms with van der Waals surface area (Å²) in [5.41, 5.74) is 2.90. The van der Waals surface area contributed by atoms with E-state index in [0.29, 0.717) is 11.4 Å². The molecule has 0 fully saturated rings. The van der Waals surface area contributed by atoms with Crippen molar-refractivity contribution >= 4 is 5.82 Å². The van der Waals surface area contributed by atoms with Crippen LogP contribution in [-0.4, -0.2) is 22.7 Å². The number of aliphatic hydroxyl groups is 1. The Balaban J connectivity index is 2.31. The molecule has 0 amide bonds. The highest BCUT2D eigenvalue weighted by molar-refractivity contribution is 5.55. The second kappa shape index (κ2) is 5.83. The maximum absolute atomic E-state index is 9.22. The van der Waals surface area contributed by atoms with E-state index in [1.165, 1.54) is 18.4 Å². The molecule has 0 spiro atoms. The zero-order chi connectivity index (χ0) is 13.0. The number of aliphatic hydroxyl groups excluding tert-OH is 1. The predicted molar refractivity (Wildman–Crippen MR) is 70.4 cm³/mol.